The molecule has 130 valence electrons. The average Bonchev–Trinajstić information content (AvgIpc) is 2.56. The second kappa shape index (κ2) is 12.7. The highest BCUT2D eigenvalue weighted by Crippen LogP contribution is 2.14. The molecule has 1 saturated carbocycles. The monoisotopic (exact) mass is 327 g/mol. The molecule has 1 fully saturated rings. The fourth-order valence-corrected chi connectivity index (χ4v) is 1.78. The minimum atomic E-state index is -1.05. The number of carboxylic acid groups (broad SMARTS) is 1. The third-order valence-corrected chi connectivity index (χ3v) is 3.23. The molecule has 1 aliphatic carbocycles. The highest BCUT2D eigenvalue weighted by atomic mass is 19.1. The third-order valence-electron chi connectivity index (χ3n) is 3.23. The number of carbonyl (C=O) groups excluding carboxylic acids is 1. The van der Waals surface area contributed by atoms with Crippen LogP contribution < -0.4 is 17.2 Å². The van der Waals surface area contributed by atoms with Gasteiger partial charge in [0, 0.05) is 18.2 Å². The maximum Gasteiger partial charge on any atom is 0.321 e. The van der Waals surface area contributed by atoms with Crippen LogP contribution in [0.15, 0.2) is 24.3 Å². The minimum Gasteiger partial charge on any atom is -0.480 e. The Morgan fingerprint density at radius 1 is 1.26 bits per heavy atom. The number of benzene rings is 1. The van der Waals surface area contributed by atoms with Crippen LogP contribution in [0.2, 0.25) is 0 Å². The molecule has 7 heteroatoms. The summed E-state index contributed by atoms with van der Waals surface area (Å²) in [6.45, 7) is -0.00463. The van der Waals surface area contributed by atoms with E-state index in [0.29, 0.717) is 17.9 Å². The molecule has 0 bridgehead atoms. The van der Waals surface area contributed by atoms with Crippen molar-refractivity contribution in [3.8, 4) is 0 Å². The van der Waals surface area contributed by atoms with Gasteiger partial charge in [0.05, 0.1) is 0 Å². The molecule has 1 atom stereocenters. The van der Waals surface area contributed by atoms with Crippen LogP contribution in [0.3, 0.4) is 0 Å². The second-order valence-electron chi connectivity index (χ2n) is 5.25. The summed E-state index contributed by atoms with van der Waals surface area (Å²) in [5.74, 6) is -1.37. The molecule has 2 rings (SSSR count). The topological polar surface area (TPSA) is 132 Å². The SMILES string of the molecule is NC1CCCCC1.NCC(N)C(=O)O.O=Cc1ccc(F)cc1. The summed E-state index contributed by atoms with van der Waals surface area (Å²) in [7, 11) is 0. The van der Waals surface area contributed by atoms with Crippen LogP contribution in [-0.2, 0) is 4.79 Å². The zero-order chi connectivity index (χ0) is 17.7. The molecule has 0 aliphatic heterocycles. The standard InChI is InChI=1S/C7H5FO.C6H13N.C3H8N2O2/c8-7-3-1-6(5-9)2-4-7;7-6-4-2-1-3-5-6;4-1-2(5)3(6)7/h1-5H;6H,1-5,7H2;2H,1,4-5H2,(H,6,7). The number of hydrogen-bond acceptors (Lipinski definition) is 5. The first-order valence-electron chi connectivity index (χ1n) is 7.55. The van der Waals surface area contributed by atoms with Gasteiger partial charge in [-0.05, 0) is 37.1 Å². The van der Waals surface area contributed by atoms with E-state index < -0.39 is 12.0 Å². The maximum atomic E-state index is 12.1. The summed E-state index contributed by atoms with van der Waals surface area (Å²) >= 11 is 0. The summed E-state index contributed by atoms with van der Waals surface area (Å²) in [5, 5.41) is 7.98. The average molecular weight is 327 g/mol. The molecule has 0 spiro atoms. The van der Waals surface area contributed by atoms with Gasteiger partial charge < -0.3 is 22.3 Å². The van der Waals surface area contributed by atoms with E-state index in [2.05, 4.69) is 0 Å². The normalized spacial score (nSPS) is 15.3. The summed E-state index contributed by atoms with van der Waals surface area (Å²) in [6, 6.07) is 5.01. The fourth-order valence-electron chi connectivity index (χ4n) is 1.78. The molecule has 6 nitrogen and oxygen atoms in total. The predicted octanol–water partition coefficient (Wildman–Crippen LogP) is 1.27. The van der Waals surface area contributed by atoms with Crippen LogP contribution in [0.4, 0.5) is 4.39 Å². The first-order valence-corrected chi connectivity index (χ1v) is 7.55. The molecule has 0 heterocycles. The van der Waals surface area contributed by atoms with Crippen LogP contribution in [0, 0.1) is 5.82 Å². The van der Waals surface area contributed by atoms with E-state index >= 15 is 0 Å². The van der Waals surface area contributed by atoms with Crippen molar-refractivity contribution in [2.24, 2.45) is 17.2 Å². The minimum absolute atomic E-state index is 0.00463. The predicted molar refractivity (Wildman–Crippen MR) is 87.5 cm³/mol. The Kier molecular flexibility index (Phi) is 11.7. The Balaban J connectivity index is 0.000000320. The van der Waals surface area contributed by atoms with Gasteiger partial charge in [0.15, 0.2) is 0 Å². The van der Waals surface area contributed by atoms with Crippen LogP contribution >= 0.6 is 0 Å². The highest BCUT2D eigenvalue weighted by molar-refractivity contribution is 5.74. The van der Waals surface area contributed by atoms with Crippen molar-refractivity contribution in [3.05, 3.63) is 35.6 Å². The van der Waals surface area contributed by atoms with Gasteiger partial charge in [0.25, 0.3) is 0 Å². The Labute approximate surface area is 135 Å². The summed E-state index contributed by atoms with van der Waals surface area (Å²) in [6.07, 6.45) is 7.34. The maximum absolute atomic E-state index is 12.1. The Bertz CT molecular complexity index is 448. The zero-order valence-corrected chi connectivity index (χ0v) is 13.2. The number of carboxylic acids is 1. The van der Waals surface area contributed by atoms with Gasteiger partial charge >= 0.3 is 5.97 Å². The zero-order valence-electron chi connectivity index (χ0n) is 13.2. The summed E-state index contributed by atoms with van der Waals surface area (Å²) in [4.78, 5) is 19.7. The Hall–Kier alpha value is -1.83. The van der Waals surface area contributed by atoms with E-state index in [0.717, 1.165) is 0 Å². The molecule has 0 aromatic heterocycles. The van der Waals surface area contributed by atoms with Crippen LogP contribution in [0.25, 0.3) is 0 Å². The smallest absolute Gasteiger partial charge is 0.321 e. The van der Waals surface area contributed by atoms with E-state index in [-0.39, 0.29) is 12.4 Å². The van der Waals surface area contributed by atoms with Crippen molar-refractivity contribution in [1.29, 1.82) is 0 Å². The van der Waals surface area contributed by atoms with Gasteiger partial charge in [0.1, 0.15) is 18.1 Å². The van der Waals surface area contributed by atoms with Crippen LogP contribution in [-0.4, -0.2) is 36.0 Å². The summed E-state index contributed by atoms with van der Waals surface area (Å²) in [5.41, 5.74) is 15.9. The van der Waals surface area contributed by atoms with Crippen molar-refractivity contribution >= 4 is 12.3 Å². The summed E-state index contributed by atoms with van der Waals surface area (Å²) < 4.78 is 12.1. The van der Waals surface area contributed by atoms with Crippen molar-refractivity contribution in [1.82, 2.24) is 0 Å². The molecule has 7 N–H and O–H groups in total. The van der Waals surface area contributed by atoms with Gasteiger partial charge in [-0.2, -0.15) is 0 Å². The molecule has 1 aromatic rings. The lowest BCUT2D eigenvalue weighted by Crippen LogP contribution is -2.37. The molecule has 0 radical (unpaired) electrons. The van der Waals surface area contributed by atoms with E-state index in [1.165, 1.54) is 56.4 Å². The molecule has 0 amide bonds. The first-order chi connectivity index (χ1) is 10.9. The first kappa shape index (κ1) is 21.2. The number of nitrogens with two attached hydrogens (primary N) is 3. The molecule has 23 heavy (non-hydrogen) atoms. The lowest BCUT2D eigenvalue weighted by Gasteiger charge is -2.15. The van der Waals surface area contributed by atoms with Gasteiger partial charge in [-0.3, -0.25) is 9.59 Å². The van der Waals surface area contributed by atoms with Crippen LogP contribution in [0.5, 0.6) is 0 Å². The van der Waals surface area contributed by atoms with Crippen molar-refractivity contribution < 1.29 is 19.1 Å². The molecule has 1 unspecified atom stereocenters. The van der Waals surface area contributed by atoms with Gasteiger partial charge in [-0.1, -0.05) is 19.3 Å². The number of rotatable bonds is 3. The third kappa shape index (κ3) is 11.4. The fraction of sp³-hybridized carbons (Fsp3) is 0.500. The Morgan fingerprint density at radius 3 is 2.04 bits per heavy atom. The molecule has 1 aliphatic rings. The van der Waals surface area contributed by atoms with Crippen molar-refractivity contribution in [3.63, 3.8) is 0 Å². The quantitative estimate of drug-likeness (QED) is 0.618. The van der Waals surface area contributed by atoms with E-state index in [9.17, 15) is 14.0 Å². The van der Waals surface area contributed by atoms with Crippen LogP contribution in [0.1, 0.15) is 42.5 Å². The molecule has 1 aromatic carbocycles. The molecular formula is C16H26FN3O3. The number of aliphatic carboxylic acids is 1. The lowest BCUT2D eigenvalue weighted by atomic mass is 9.97. The van der Waals surface area contributed by atoms with E-state index in [4.69, 9.17) is 22.3 Å². The lowest BCUT2D eigenvalue weighted by molar-refractivity contribution is -0.138. The number of carbonyl (C=O) groups is 2. The largest absolute Gasteiger partial charge is 0.480 e. The number of hydrogen-bond donors (Lipinski definition) is 4. The van der Waals surface area contributed by atoms with Gasteiger partial charge in [-0.25, -0.2) is 4.39 Å². The number of aldehydes is 1. The van der Waals surface area contributed by atoms with E-state index in [1.807, 2.05) is 0 Å². The highest BCUT2D eigenvalue weighted by Gasteiger charge is 2.06. The number of halogens is 1. The molecular weight excluding hydrogens is 301 g/mol. The molecule has 0 saturated heterocycles. The van der Waals surface area contributed by atoms with Crippen molar-refractivity contribution in [2.45, 2.75) is 44.2 Å². The van der Waals surface area contributed by atoms with E-state index in [1.54, 1.807) is 0 Å². The second-order valence-corrected chi connectivity index (χ2v) is 5.25. The Morgan fingerprint density at radius 2 is 1.78 bits per heavy atom. The van der Waals surface area contributed by atoms with Gasteiger partial charge in [0.2, 0.25) is 0 Å². The van der Waals surface area contributed by atoms with Crippen molar-refractivity contribution in [2.75, 3.05) is 6.54 Å². The van der Waals surface area contributed by atoms with Gasteiger partial charge in [-0.15, -0.1) is 0 Å².